The predicted molar refractivity (Wildman–Crippen MR) is 124 cm³/mol. The Morgan fingerprint density at radius 2 is 0.852 bits per heavy atom. The van der Waals surface area contributed by atoms with Crippen LogP contribution in [0.1, 0.15) is 122 Å². The van der Waals surface area contributed by atoms with Crippen LogP contribution in [0.4, 0.5) is 5.69 Å². The number of nitrogens with one attached hydrogen (secondary N) is 1. The van der Waals surface area contributed by atoms with E-state index in [1.165, 1.54) is 121 Å². The molecule has 1 aromatic rings. The second kappa shape index (κ2) is 19.8. The number of hydrogen-bond donors (Lipinski definition) is 1. The number of hydrogen-bond acceptors (Lipinski definition) is 1. The van der Waals surface area contributed by atoms with Gasteiger partial charge >= 0.3 is 0 Å². The molecule has 1 nitrogen and oxygen atoms in total. The zero-order chi connectivity index (χ0) is 19.3. The Morgan fingerprint density at radius 3 is 1.26 bits per heavy atom. The molecule has 0 aliphatic heterocycles. The maximum atomic E-state index is 3.50. The van der Waals surface area contributed by atoms with E-state index in [0.29, 0.717) is 0 Å². The molecule has 0 fully saturated rings. The number of para-hydroxylation sites is 1. The van der Waals surface area contributed by atoms with Crippen LogP contribution >= 0.6 is 0 Å². The summed E-state index contributed by atoms with van der Waals surface area (Å²) in [5.41, 5.74) is 1.25. The highest BCUT2D eigenvalue weighted by molar-refractivity contribution is 5.42. The van der Waals surface area contributed by atoms with Crippen LogP contribution in [0.25, 0.3) is 0 Å². The summed E-state index contributed by atoms with van der Waals surface area (Å²) in [5.74, 6) is 0. The Bertz CT molecular complexity index is 386. The summed E-state index contributed by atoms with van der Waals surface area (Å²) in [5, 5.41) is 3.50. The summed E-state index contributed by atoms with van der Waals surface area (Å²) in [6.45, 7) is 3.41. The van der Waals surface area contributed by atoms with Crippen molar-refractivity contribution in [3.63, 3.8) is 0 Å². The summed E-state index contributed by atoms with van der Waals surface area (Å²) in [7, 11) is 0. The van der Waals surface area contributed by atoms with E-state index in [1.54, 1.807) is 0 Å². The lowest BCUT2D eigenvalue weighted by Crippen LogP contribution is -2.00. The minimum absolute atomic E-state index is 1.11. The number of benzene rings is 1. The molecule has 27 heavy (non-hydrogen) atoms. The van der Waals surface area contributed by atoms with Gasteiger partial charge in [0.1, 0.15) is 0 Å². The van der Waals surface area contributed by atoms with Gasteiger partial charge in [0.2, 0.25) is 0 Å². The smallest absolute Gasteiger partial charge is 0.0340 e. The first-order chi connectivity index (χ1) is 13.4. The van der Waals surface area contributed by atoms with Gasteiger partial charge in [0.15, 0.2) is 0 Å². The zero-order valence-corrected chi connectivity index (χ0v) is 18.3. The molecule has 1 N–H and O–H groups in total. The van der Waals surface area contributed by atoms with Crippen molar-refractivity contribution in [1.29, 1.82) is 0 Å². The highest BCUT2D eigenvalue weighted by Gasteiger charge is 1.95. The van der Waals surface area contributed by atoms with Gasteiger partial charge in [-0.25, -0.2) is 0 Å². The van der Waals surface area contributed by atoms with Gasteiger partial charge in [-0.05, 0) is 18.6 Å². The van der Waals surface area contributed by atoms with Crippen molar-refractivity contribution in [3.8, 4) is 0 Å². The maximum Gasteiger partial charge on any atom is 0.0340 e. The SMILES string of the molecule is CCCCCCCCCCCCCCCCCCCCNc1ccccc1. The van der Waals surface area contributed by atoms with E-state index >= 15 is 0 Å². The Kier molecular flexibility index (Phi) is 17.6. The molecule has 156 valence electrons. The van der Waals surface area contributed by atoms with Gasteiger partial charge in [-0.15, -0.1) is 0 Å². The molecule has 1 rings (SSSR count). The second-order valence-electron chi connectivity index (χ2n) is 8.30. The Morgan fingerprint density at radius 1 is 0.481 bits per heavy atom. The van der Waals surface area contributed by atoms with E-state index in [-0.39, 0.29) is 0 Å². The molecule has 0 atom stereocenters. The Hall–Kier alpha value is -0.980. The molecule has 1 heteroatoms. The molecule has 0 saturated heterocycles. The molecule has 0 unspecified atom stereocenters. The summed E-state index contributed by atoms with van der Waals surface area (Å²) in [6.07, 6.45) is 25.9. The lowest BCUT2D eigenvalue weighted by atomic mass is 10.0. The van der Waals surface area contributed by atoms with Gasteiger partial charge in [-0.3, -0.25) is 0 Å². The summed E-state index contributed by atoms with van der Waals surface area (Å²) >= 11 is 0. The summed E-state index contributed by atoms with van der Waals surface area (Å²) in [4.78, 5) is 0. The Balaban J connectivity index is 1.67. The number of anilines is 1. The van der Waals surface area contributed by atoms with Crippen LogP contribution in [0.2, 0.25) is 0 Å². The fourth-order valence-electron chi connectivity index (χ4n) is 3.82. The van der Waals surface area contributed by atoms with Gasteiger partial charge in [0.05, 0.1) is 0 Å². The predicted octanol–water partition coefficient (Wildman–Crippen LogP) is 9.14. The lowest BCUT2D eigenvalue weighted by molar-refractivity contribution is 0.526. The van der Waals surface area contributed by atoms with Crippen LogP contribution in [0.15, 0.2) is 30.3 Å². The van der Waals surface area contributed by atoms with Crippen molar-refractivity contribution in [2.45, 2.75) is 122 Å². The second-order valence-corrected chi connectivity index (χ2v) is 8.30. The molecule has 0 radical (unpaired) electrons. The largest absolute Gasteiger partial charge is 0.385 e. The summed E-state index contributed by atoms with van der Waals surface area (Å²) in [6, 6.07) is 10.6. The molecule has 0 spiro atoms. The standard InChI is InChI=1S/C26H47N/c1-2-3-4-5-6-7-8-9-10-11-12-13-14-15-16-17-18-22-25-27-26-23-20-19-21-24-26/h19-21,23-24,27H,2-18,22,25H2,1H3. The average Bonchev–Trinajstić information content (AvgIpc) is 2.70. The van der Waals surface area contributed by atoms with Crippen molar-refractivity contribution in [1.82, 2.24) is 0 Å². The van der Waals surface area contributed by atoms with Crippen LogP contribution in [-0.2, 0) is 0 Å². The average molecular weight is 374 g/mol. The molecule has 0 bridgehead atoms. The van der Waals surface area contributed by atoms with Crippen molar-refractivity contribution in [2.24, 2.45) is 0 Å². The van der Waals surface area contributed by atoms with Crippen LogP contribution in [0.5, 0.6) is 0 Å². The van der Waals surface area contributed by atoms with Crippen LogP contribution in [0.3, 0.4) is 0 Å². The molecule has 0 aliphatic carbocycles. The van der Waals surface area contributed by atoms with Crippen molar-refractivity contribution in [3.05, 3.63) is 30.3 Å². The first-order valence-corrected chi connectivity index (χ1v) is 12.2. The quantitative estimate of drug-likeness (QED) is 0.225. The third-order valence-electron chi connectivity index (χ3n) is 5.63. The minimum Gasteiger partial charge on any atom is -0.385 e. The molecule has 0 amide bonds. The van der Waals surface area contributed by atoms with E-state index in [9.17, 15) is 0 Å². The van der Waals surface area contributed by atoms with E-state index in [2.05, 4.69) is 42.6 Å². The Labute approximate surface area is 170 Å². The van der Waals surface area contributed by atoms with Crippen molar-refractivity contribution >= 4 is 5.69 Å². The molecule has 0 heterocycles. The molecule has 0 saturated carbocycles. The molecule has 0 aromatic heterocycles. The fourth-order valence-corrected chi connectivity index (χ4v) is 3.82. The topological polar surface area (TPSA) is 12.0 Å². The number of rotatable bonds is 20. The zero-order valence-electron chi connectivity index (χ0n) is 18.3. The fraction of sp³-hybridized carbons (Fsp3) is 0.769. The van der Waals surface area contributed by atoms with Gasteiger partial charge in [0, 0.05) is 12.2 Å². The minimum atomic E-state index is 1.11. The van der Waals surface area contributed by atoms with Crippen molar-refractivity contribution in [2.75, 3.05) is 11.9 Å². The third-order valence-corrected chi connectivity index (χ3v) is 5.63. The first-order valence-electron chi connectivity index (χ1n) is 12.2. The number of unbranched alkanes of at least 4 members (excludes halogenated alkanes) is 17. The first kappa shape index (κ1) is 24.1. The molecular weight excluding hydrogens is 326 g/mol. The van der Waals surface area contributed by atoms with E-state index in [4.69, 9.17) is 0 Å². The van der Waals surface area contributed by atoms with Crippen molar-refractivity contribution < 1.29 is 0 Å². The van der Waals surface area contributed by atoms with Crippen LogP contribution in [-0.4, -0.2) is 6.54 Å². The highest BCUT2D eigenvalue weighted by atomic mass is 14.9. The van der Waals surface area contributed by atoms with Crippen LogP contribution in [0, 0.1) is 0 Å². The van der Waals surface area contributed by atoms with Crippen LogP contribution < -0.4 is 5.32 Å². The van der Waals surface area contributed by atoms with Gasteiger partial charge in [-0.1, -0.05) is 134 Å². The third kappa shape index (κ3) is 16.9. The lowest BCUT2D eigenvalue weighted by Gasteiger charge is -2.06. The summed E-state index contributed by atoms with van der Waals surface area (Å²) < 4.78 is 0. The maximum absolute atomic E-state index is 3.50. The molecular formula is C26H47N. The normalized spacial score (nSPS) is 11.0. The van der Waals surface area contributed by atoms with E-state index in [1.807, 2.05) is 0 Å². The monoisotopic (exact) mass is 373 g/mol. The van der Waals surface area contributed by atoms with E-state index in [0.717, 1.165) is 6.54 Å². The molecule has 1 aromatic carbocycles. The van der Waals surface area contributed by atoms with Gasteiger partial charge in [0.25, 0.3) is 0 Å². The van der Waals surface area contributed by atoms with E-state index < -0.39 is 0 Å². The van der Waals surface area contributed by atoms with Gasteiger partial charge in [-0.2, -0.15) is 0 Å². The van der Waals surface area contributed by atoms with Gasteiger partial charge < -0.3 is 5.32 Å². The highest BCUT2D eigenvalue weighted by Crippen LogP contribution is 2.14. The molecule has 0 aliphatic rings.